The van der Waals surface area contributed by atoms with Gasteiger partial charge in [-0.05, 0) is 11.8 Å². The topological polar surface area (TPSA) is 69.6 Å². The summed E-state index contributed by atoms with van der Waals surface area (Å²) >= 11 is 0. The highest BCUT2D eigenvalue weighted by Crippen LogP contribution is 2.21. The predicted molar refractivity (Wildman–Crippen MR) is 66.4 cm³/mol. The number of hydrogen-bond acceptors (Lipinski definition) is 3. The van der Waals surface area contributed by atoms with Gasteiger partial charge >= 0.3 is 0 Å². The number of likely N-dealkylation sites (N-methyl/N-ethyl adjacent to an activating group) is 1. The van der Waals surface area contributed by atoms with E-state index >= 15 is 0 Å². The fourth-order valence-corrected chi connectivity index (χ4v) is 1.42. The zero-order valence-electron chi connectivity index (χ0n) is 11.4. The molecule has 0 aliphatic heterocycles. The van der Waals surface area contributed by atoms with Gasteiger partial charge in [-0.3, -0.25) is 9.59 Å². The van der Waals surface area contributed by atoms with Crippen molar-refractivity contribution < 1.29 is 14.7 Å². The highest BCUT2D eigenvalue weighted by molar-refractivity contribution is 5.83. The van der Waals surface area contributed by atoms with Crippen LogP contribution < -0.4 is 5.32 Å². The van der Waals surface area contributed by atoms with Gasteiger partial charge in [-0.15, -0.1) is 0 Å². The molecule has 0 aliphatic carbocycles. The minimum Gasteiger partial charge on any atom is -0.396 e. The van der Waals surface area contributed by atoms with Crippen molar-refractivity contribution in [2.75, 3.05) is 20.2 Å². The van der Waals surface area contributed by atoms with Gasteiger partial charge in [-0.1, -0.05) is 20.8 Å². The number of amides is 2. The van der Waals surface area contributed by atoms with Gasteiger partial charge in [0.05, 0.1) is 6.54 Å². The van der Waals surface area contributed by atoms with E-state index in [0.29, 0.717) is 6.42 Å². The molecule has 0 bridgehead atoms. The summed E-state index contributed by atoms with van der Waals surface area (Å²) < 4.78 is 0. The molecule has 1 atom stereocenters. The molecule has 0 saturated carbocycles. The number of aliphatic hydroxyl groups excluding tert-OH is 1. The Labute approximate surface area is 103 Å². The molecule has 1 unspecified atom stereocenters. The smallest absolute Gasteiger partial charge is 0.239 e. The Hall–Kier alpha value is -1.10. The average molecular weight is 244 g/mol. The maximum Gasteiger partial charge on any atom is 0.239 e. The van der Waals surface area contributed by atoms with Crippen LogP contribution in [-0.2, 0) is 9.59 Å². The second-order valence-corrected chi connectivity index (χ2v) is 5.37. The van der Waals surface area contributed by atoms with Crippen LogP contribution in [-0.4, -0.2) is 48.1 Å². The van der Waals surface area contributed by atoms with Crippen molar-refractivity contribution in [1.82, 2.24) is 10.2 Å². The van der Waals surface area contributed by atoms with Crippen LogP contribution in [0.15, 0.2) is 0 Å². The quantitative estimate of drug-likeness (QED) is 0.734. The standard InChI is InChI=1S/C12H24N2O3/c1-9(16)14(5)8-11(17)13-10(6-7-15)12(2,3)4/h10,15H,6-8H2,1-5H3,(H,13,17). The lowest BCUT2D eigenvalue weighted by Gasteiger charge is -2.31. The number of aliphatic hydroxyl groups is 1. The van der Waals surface area contributed by atoms with Crippen LogP contribution in [0.3, 0.4) is 0 Å². The molecule has 5 nitrogen and oxygen atoms in total. The van der Waals surface area contributed by atoms with E-state index in [4.69, 9.17) is 5.11 Å². The molecule has 5 heteroatoms. The Balaban J connectivity index is 4.37. The minimum absolute atomic E-state index is 0.0325. The van der Waals surface area contributed by atoms with Gasteiger partial charge < -0.3 is 15.3 Å². The summed E-state index contributed by atoms with van der Waals surface area (Å²) in [4.78, 5) is 24.1. The molecule has 0 aromatic heterocycles. The first-order chi connectivity index (χ1) is 7.68. The molecule has 17 heavy (non-hydrogen) atoms. The number of nitrogens with one attached hydrogen (secondary N) is 1. The molecule has 2 amide bonds. The Morgan fingerprint density at radius 3 is 2.24 bits per heavy atom. The SMILES string of the molecule is CC(=O)N(C)CC(=O)NC(CCO)C(C)(C)C. The lowest BCUT2D eigenvalue weighted by atomic mass is 9.85. The maximum atomic E-state index is 11.7. The second-order valence-electron chi connectivity index (χ2n) is 5.37. The van der Waals surface area contributed by atoms with Crippen LogP contribution in [0.5, 0.6) is 0 Å². The van der Waals surface area contributed by atoms with E-state index in [0.717, 1.165) is 0 Å². The van der Waals surface area contributed by atoms with Gasteiger partial charge in [0, 0.05) is 26.6 Å². The molecule has 0 radical (unpaired) electrons. The minimum atomic E-state index is -0.198. The molecule has 0 rings (SSSR count). The summed E-state index contributed by atoms with van der Waals surface area (Å²) in [5.74, 6) is -0.342. The summed E-state index contributed by atoms with van der Waals surface area (Å²) in [6, 6.07) is -0.0969. The van der Waals surface area contributed by atoms with Crippen LogP contribution in [0.2, 0.25) is 0 Å². The summed E-state index contributed by atoms with van der Waals surface area (Å²) in [6.07, 6.45) is 0.513. The van der Waals surface area contributed by atoms with Crippen molar-refractivity contribution >= 4 is 11.8 Å². The van der Waals surface area contributed by atoms with Crippen LogP contribution >= 0.6 is 0 Å². The maximum absolute atomic E-state index is 11.7. The third-order valence-electron chi connectivity index (χ3n) is 2.72. The summed E-state index contributed by atoms with van der Waals surface area (Å²) in [6.45, 7) is 7.51. The van der Waals surface area contributed by atoms with Gasteiger partial charge in [-0.2, -0.15) is 0 Å². The molecule has 0 aliphatic rings. The third-order valence-corrected chi connectivity index (χ3v) is 2.72. The van der Waals surface area contributed by atoms with Crippen molar-refractivity contribution in [1.29, 1.82) is 0 Å². The Kier molecular flexibility index (Phi) is 6.16. The van der Waals surface area contributed by atoms with Crippen molar-refractivity contribution in [2.45, 2.75) is 40.2 Å². The van der Waals surface area contributed by atoms with E-state index < -0.39 is 0 Å². The summed E-state index contributed by atoms with van der Waals surface area (Å²) in [5.41, 5.74) is -0.118. The molecule has 0 fully saturated rings. The van der Waals surface area contributed by atoms with Gasteiger partial charge in [0.2, 0.25) is 11.8 Å². The van der Waals surface area contributed by atoms with Crippen molar-refractivity contribution in [3.05, 3.63) is 0 Å². The lowest BCUT2D eigenvalue weighted by molar-refractivity contribution is -0.133. The molecule has 0 aromatic carbocycles. The van der Waals surface area contributed by atoms with Gasteiger partial charge in [0.1, 0.15) is 0 Å². The largest absolute Gasteiger partial charge is 0.396 e. The highest BCUT2D eigenvalue weighted by Gasteiger charge is 2.26. The highest BCUT2D eigenvalue weighted by atomic mass is 16.3. The molecule has 2 N–H and O–H groups in total. The molecule has 100 valence electrons. The van der Waals surface area contributed by atoms with Crippen molar-refractivity contribution in [3.8, 4) is 0 Å². The van der Waals surface area contributed by atoms with E-state index in [-0.39, 0.29) is 36.4 Å². The number of hydrogen-bond donors (Lipinski definition) is 2. The molecular formula is C12H24N2O3. The summed E-state index contributed by atoms with van der Waals surface area (Å²) in [7, 11) is 1.58. The first kappa shape index (κ1) is 15.9. The van der Waals surface area contributed by atoms with Crippen LogP contribution in [0, 0.1) is 5.41 Å². The van der Waals surface area contributed by atoms with Crippen LogP contribution in [0.4, 0.5) is 0 Å². The van der Waals surface area contributed by atoms with Gasteiger partial charge in [-0.25, -0.2) is 0 Å². The van der Waals surface area contributed by atoms with Gasteiger partial charge in [0.15, 0.2) is 0 Å². The zero-order chi connectivity index (χ0) is 13.6. The fraction of sp³-hybridized carbons (Fsp3) is 0.833. The van der Waals surface area contributed by atoms with E-state index in [1.165, 1.54) is 11.8 Å². The molecule has 0 saturated heterocycles. The number of carbonyl (C=O) groups is 2. The van der Waals surface area contributed by atoms with Crippen LogP contribution in [0.1, 0.15) is 34.1 Å². The van der Waals surface area contributed by atoms with Crippen LogP contribution in [0.25, 0.3) is 0 Å². The Bertz CT molecular complexity index is 271. The van der Waals surface area contributed by atoms with E-state index in [9.17, 15) is 9.59 Å². The molecule has 0 heterocycles. The Morgan fingerprint density at radius 2 is 1.88 bits per heavy atom. The Morgan fingerprint density at radius 1 is 1.35 bits per heavy atom. The fourth-order valence-electron chi connectivity index (χ4n) is 1.42. The first-order valence-corrected chi connectivity index (χ1v) is 5.80. The summed E-state index contributed by atoms with van der Waals surface area (Å²) in [5, 5.41) is 11.8. The first-order valence-electron chi connectivity index (χ1n) is 5.80. The second kappa shape index (κ2) is 6.59. The number of carbonyl (C=O) groups excluding carboxylic acids is 2. The number of nitrogens with zero attached hydrogens (tertiary/aromatic N) is 1. The van der Waals surface area contributed by atoms with Crippen molar-refractivity contribution in [2.24, 2.45) is 5.41 Å². The van der Waals surface area contributed by atoms with Gasteiger partial charge in [0.25, 0.3) is 0 Å². The van der Waals surface area contributed by atoms with E-state index in [1.54, 1.807) is 7.05 Å². The molecule has 0 spiro atoms. The molecule has 0 aromatic rings. The van der Waals surface area contributed by atoms with E-state index in [2.05, 4.69) is 5.32 Å². The third kappa shape index (κ3) is 6.26. The average Bonchev–Trinajstić information content (AvgIpc) is 2.15. The number of rotatable bonds is 5. The monoisotopic (exact) mass is 244 g/mol. The lowest BCUT2D eigenvalue weighted by Crippen LogP contribution is -2.48. The molecular weight excluding hydrogens is 220 g/mol. The van der Waals surface area contributed by atoms with E-state index in [1.807, 2.05) is 20.8 Å². The predicted octanol–water partition coefficient (Wildman–Crippen LogP) is 0.378. The zero-order valence-corrected chi connectivity index (χ0v) is 11.4. The normalized spacial score (nSPS) is 13.1. The van der Waals surface area contributed by atoms with Crippen molar-refractivity contribution in [3.63, 3.8) is 0 Å².